The second-order valence-corrected chi connectivity index (χ2v) is 6.61. The smallest absolute Gasteiger partial charge is 0.331 e. The number of benzene rings is 2. The van der Waals surface area contributed by atoms with Crippen molar-refractivity contribution in [3.05, 3.63) is 75.8 Å². The summed E-state index contributed by atoms with van der Waals surface area (Å²) in [6.07, 6.45) is 2.91. The molecule has 1 amide bonds. The molecule has 0 heterocycles. The number of carbonyl (C=O) groups excluding carboxylic acids is 2. The molecule has 0 N–H and O–H groups in total. The average Bonchev–Trinajstić information content (AvgIpc) is 2.61. The lowest BCUT2D eigenvalue weighted by Crippen LogP contribution is -2.30. The van der Waals surface area contributed by atoms with E-state index in [-0.39, 0.29) is 12.5 Å². The van der Waals surface area contributed by atoms with E-state index in [0.29, 0.717) is 11.6 Å². The van der Waals surface area contributed by atoms with E-state index in [1.807, 2.05) is 26.0 Å². The van der Waals surface area contributed by atoms with Crippen LogP contribution in [0, 0.1) is 13.8 Å². The Balaban J connectivity index is 1.83. The molecule has 0 radical (unpaired) electrons. The van der Waals surface area contributed by atoms with Crippen molar-refractivity contribution in [2.24, 2.45) is 0 Å². The van der Waals surface area contributed by atoms with E-state index >= 15 is 0 Å². The molecule has 0 bridgehead atoms. The number of halogens is 1. The number of aryl methyl sites for hydroxylation is 2. The summed E-state index contributed by atoms with van der Waals surface area (Å²) < 4.78 is 5.01. The Labute approximate surface area is 159 Å². The quantitative estimate of drug-likeness (QED) is 0.565. The van der Waals surface area contributed by atoms with Gasteiger partial charge in [-0.2, -0.15) is 0 Å². The van der Waals surface area contributed by atoms with Crippen LogP contribution < -0.4 is 0 Å². The normalized spacial score (nSPS) is 10.8. The number of amides is 1. The van der Waals surface area contributed by atoms with Gasteiger partial charge in [-0.15, -0.1) is 0 Å². The summed E-state index contributed by atoms with van der Waals surface area (Å²) >= 11 is 5.81. The third-order valence-corrected chi connectivity index (χ3v) is 4.20. The van der Waals surface area contributed by atoms with Crippen LogP contribution >= 0.6 is 11.6 Å². The van der Waals surface area contributed by atoms with Gasteiger partial charge in [-0.1, -0.05) is 47.5 Å². The van der Waals surface area contributed by atoms with E-state index in [1.165, 1.54) is 11.6 Å². The molecule has 0 fully saturated rings. The van der Waals surface area contributed by atoms with Crippen LogP contribution in [-0.2, 0) is 20.9 Å². The third-order valence-electron chi connectivity index (χ3n) is 3.95. The van der Waals surface area contributed by atoms with Crippen LogP contribution in [-0.4, -0.2) is 30.4 Å². The van der Waals surface area contributed by atoms with E-state index in [9.17, 15) is 9.59 Å². The summed E-state index contributed by atoms with van der Waals surface area (Å²) in [5.41, 5.74) is 4.21. The number of hydrogen-bond acceptors (Lipinski definition) is 3. The molecule has 0 atom stereocenters. The molecule has 0 saturated carbocycles. The number of likely N-dealkylation sites (N-methyl/N-ethyl adjacent to an activating group) is 1. The highest BCUT2D eigenvalue weighted by Crippen LogP contribution is 2.13. The van der Waals surface area contributed by atoms with Gasteiger partial charge in [0.15, 0.2) is 6.61 Å². The van der Waals surface area contributed by atoms with Gasteiger partial charge in [0.2, 0.25) is 0 Å². The molecule has 2 aromatic rings. The molecule has 0 aliphatic rings. The molecular formula is C21H22ClNO3. The Kier molecular flexibility index (Phi) is 6.98. The Morgan fingerprint density at radius 1 is 1.12 bits per heavy atom. The molecule has 0 saturated heterocycles. The number of carbonyl (C=O) groups is 2. The van der Waals surface area contributed by atoms with Crippen LogP contribution in [0.2, 0.25) is 5.02 Å². The predicted molar refractivity (Wildman–Crippen MR) is 104 cm³/mol. The Morgan fingerprint density at radius 2 is 1.81 bits per heavy atom. The van der Waals surface area contributed by atoms with Crippen LogP contribution in [0.5, 0.6) is 0 Å². The fourth-order valence-electron chi connectivity index (χ4n) is 2.40. The molecule has 0 aromatic heterocycles. The zero-order chi connectivity index (χ0) is 19.1. The van der Waals surface area contributed by atoms with Crippen LogP contribution in [0.1, 0.15) is 22.3 Å². The molecule has 2 rings (SSSR count). The van der Waals surface area contributed by atoms with Gasteiger partial charge in [0, 0.05) is 24.7 Å². The molecule has 5 heteroatoms. The van der Waals surface area contributed by atoms with Crippen molar-refractivity contribution in [2.45, 2.75) is 20.4 Å². The van der Waals surface area contributed by atoms with Crippen molar-refractivity contribution < 1.29 is 14.3 Å². The highest BCUT2D eigenvalue weighted by atomic mass is 35.5. The minimum absolute atomic E-state index is 0.252. The number of ether oxygens (including phenoxy) is 1. The maximum Gasteiger partial charge on any atom is 0.331 e. The number of esters is 1. The monoisotopic (exact) mass is 371 g/mol. The lowest BCUT2D eigenvalue weighted by molar-refractivity contribution is -0.147. The van der Waals surface area contributed by atoms with Gasteiger partial charge in [-0.3, -0.25) is 4.79 Å². The van der Waals surface area contributed by atoms with E-state index in [0.717, 1.165) is 16.7 Å². The molecule has 4 nitrogen and oxygen atoms in total. The molecule has 136 valence electrons. The van der Waals surface area contributed by atoms with Crippen molar-refractivity contribution in [1.29, 1.82) is 0 Å². The van der Waals surface area contributed by atoms with Gasteiger partial charge in [-0.25, -0.2) is 4.79 Å². The van der Waals surface area contributed by atoms with Crippen LogP contribution in [0.3, 0.4) is 0 Å². The van der Waals surface area contributed by atoms with E-state index in [2.05, 4.69) is 6.07 Å². The van der Waals surface area contributed by atoms with Crippen LogP contribution in [0.25, 0.3) is 6.08 Å². The van der Waals surface area contributed by atoms with E-state index in [4.69, 9.17) is 16.3 Å². The zero-order valence-corrected chi connectivity index (χ0v) is 15.9. The van der Waals surface area contributed by atoms with Crippen molar-refractivity contribution in [3.8, 4) is 0 Å². The molecule has 0 aliphatic carbocycles. The minimum atomic E-state index is -0.562. The summed E-state index contributed by atoms with van der Waals surface area (Å²) in [5, 5.41) is 0.627. The average molecular weight is 372 g/mol. The lowest BCUT2D eigenvalue weighted by Gasteiger charge is -2.18. The van der Waals surface area contributed by atoms with Crippen molar-refractivity contribution in [1.82, 2.24) is 4.90 Å². The molecule has 0 unspecified atom stereocenters. The first-order valence-electron chi connectivity index (χ1n) is 8.25. The molecule has 0 spiro atoms. The summed E-state index contributed by atoms with van der Waals surface area (Å²) in [7, 11) is 1.69. The Morgan fingerprint density at radius 3 is 2.46 bits per heavy atom. The number of hydrogen-bond donors (Lipinski definition) is 0. The van der Waals surface area contributed by atoms with E-state index in [1.54, 1.807) is 42.3 Å². The summed E-state index contributed by atoms with van der Waals surface area (Å²) in [5.74, 6) is -0.813. The van der Waals surface area contributed by atoms with Crippen molar-refractivity contribution >= 4 is 29.6 Å². The third kappa shape index (κ3) is 6.05. The lowest BCUT2D eigenvalue weighted by atomic mass is 10.1. The standard InChI is InChI=1S/C21H22ClNO3/c1-15-4-8-18(16(2)12-15)13-23(3)20(24)14-26-21(25)11-7-17-5-9-19(22)10-6-17/h4-12H,13-14H2,1-3H3/b11-7+. The highest BCUT2D eigenvalue weighted by molar-refractivity contribution is 6.30. The first-order valence-corrected chi connectivity index (χ1v) is 8.63. The minimum Gasteiger partial charge on any atom is -0.452 e. The molecule has 0 aliphatic heterocycles. The van der Waals surface area contributed by atoms with Gasteiger partial charge in [0.05, 0.1) is 0 Å². The van der Waals surface area contributed by atoms with Crippen LogP contribution in [0.15, 0.2) is 48.5 Å². The topological polar surface area (TPSA) is 46.6 Å². The summed E-state index contributed by atoms with van der Waals surface area (Å²) in [6, 6.07) is 13.1. The van der Waals surface area contributed by atoms with Gasteiger partial charge in [0.1, 0.15) is 0 Å². The first kappa shape index (κ1) is 19.7. The second kappa shape index (κ2) is 9.20. The maximum atomic E-state index is 12.2. The van der Waals surface area contributed by atoms with Gasteiger partial charge >= 0.3 is 5.97 Å². The highest BCUT2D eigenvalue weighted by Gasteiger charge is 2.12. The summed E-state index contributed by atoms with van der Waals surface area (Å²) in [6.45, 7) is 4.24. The van der Waals surface area contributed by atoms with Crippen molar-refractivity contribution in [3.63, 3.8) is 0 Å². The zero-order valence-electron chi connectivity index (χ0n) is 15.2. The summed E-state index contributed by atoms with van der Waals surface area (Å²) in [4.78, 5) is 25.5. The predicted octanol–water partition coefficient (Wildman–Crippen LogP) is 4.17. The Hall–Kier alpha value is -2.59. The number of rotatable bonds is 6. The fraction of sp³-hybridized carbons (Fsp3) is 0.238. The Bertz CT molecular complexity index is 813. The SMILES string of the molecule is Cc1ccc(CN(C)C(=O)COC(=O)/C=C/c2ccc(Cl)cc2)c(C)c1. The van der Waals surface area contributed by atoms with E-state index < -0.39 is 5.97 Å². The molecule has 26 heavy (non-hydrogen) atoms. The molecular weight excluding hydrogens is 350 g/mol. The van der Waals surface area contributed by atoms with Gasteiger partial charge in [-0.05, 0) is 48.7 Å². The first-order chi connectivity index (χ1) is 12.3. The fourth-order valence-corrected chi connectivity index (χ4v) is 2.52. The largest absolute Gasteiger partial charge is 0.452 e. The van der Waals surface area contributed by atoms with Crippen molar-refractivity contribution in [2.75, 3.05) is 13.7 Å². The van der Waals surface area contributed by atoms with Gasteiger partial charge < -0.3 is 9.64 Å². The second-order valence-electron chi connectivity index (χ2n) is 6.17. The molecule has 2 aromatic carbocycles. The van der Waals surface area contributed by atoms with Gasteiger partial charge in [0.25, 0.3) is 5.91 Å². The number of nitrogens with zero attached hydrogens (tertiary/aromatic N) is 1. The maximum absolute atomic E-state index is 12.2. The van der Waals surface area contributed by atoms with Crippen LogP contribution in [0.4, 0.5) is 0 Å².